The molecule has 1 aliphatic rings. The van der Waals surface area contributed by atoms with Crippen LogP contribution in [0.25, 0.3) is 11.8 Å². The normalized spacial score (nSPS) is 16.0. The fourth-order valence-electron chi connectivity index (χ4n) is 2.58. The van der Waals surface area contributed by atoms with Crippen molar-refractivity contribution in [3.8, 4) is 5.69 Å². The van der Waals surface area contributed by atoms with E-state index in [9.17, 15) is 14.0 Å². The van der Waals surface area contributed by atoms with E-state index in [-0.39, 0.29) is 11.5 Å². The maximum Gasteiger partial charge on any atom is 0.326 e. The van der Waals surface area contributed by atoms with E-state index in [2.05, 4.69) is 10.6 Å². The average Bonchev–Trinajstić information content (AvgIpc) is 2.91. The number of halogens is 1. The van der Waals surface area contributed by atoms with E-state index in [1.807, 2.05) is 19.9 Å². The minimum atomic E-state index is -0.542. The maximum atomic E-state index is 14.0. The lowest BCUT2D eigenvalue weighted by atomic mass is 10.2. The summed E-state index contributed by atoms with van der Waals surface area (Å²) in [6.45, 7) is 3.69. The minimum Gasteiger partial charge on any atom is -0.315 e. The van der Waals surface area contributed by atoms with Gasteiger partial charge in [0.2, 0.25) is 0 Å². The molecule has 1 fully saturated rings. The quantitative estimate of drug-likeness (QED) is 0.661. The van der Waals surface area contributed by atoms with E-state index < -0.39 is 11.9 Å². The van der Waals surface area contributed by atoms with Gasteiger partial charge in [-0.15, -0.1) is 0 Å². The van der Waals surface area contributed by atoms with Crippen molar-refractivity contribution in [1.29, 1.82) is 0 Å². The first-order valence-corrected chi connectivity index (χ1v) is 6.75. The molecule has 0 saturated carbocycles. The van der Waals surface area contributed by atoms with Gasteiger partial charge in [-0.2, -0.15) is 0 Å². The van der Waals surface area contributed by atoms with Crippen LogP contribution in [0.15, 0.2) is 36.0 Å². The van der Waals surface area contributed by atoms with Crippen molar-refractivity contribution >= 4 is 18.0 Å². The molecule has 0 aliphatic carbocycles. The third-order valence-corrected chi connectivity index (χ3v) is 3.58. The predicted octanol–water partition coefficient (Wildman–Crippen LogP) is 2.41. The van der Waals surface area contributed by atoms with Crippen LogP contribution in [0, 0.1) is 19.7 Å². The Labute approximate surface area is 126 Å². The zero-order chi connectivity index (χ0) is 15.9. The summed E-state index contributed by atoms with van der Waals surface area (Å²) in [5, 5.41) is 4.58. The molecule has 1 aliphatic heterocycles. The summed E-state index contributed by atoms with van der Waals surface area (Å²) in [4.78, 5) is 22.7. The van der Waals surface area contributed by atoms with Crippen LogP contribution < -0.4 is 10.6 Å². The van der Waals surface area contributed by atoms with Crippen molar-refractivity contribution in [2.45, 2.75) is 13.8 Å². The van der Waals surface area contributed by atoms with Crippen molar-refractivity contribution in [3.05, 3.63) is 58.8 Å². The van der Waals surface area contributed by atoms with Crippen molar-refractivity contribution in [3.63, 3.8) is 0 Å². The number of benzene rings is 1. The number of nitrogens with zero attached hydrogens (tertiary/aromatic N) is 1. The molecule has 3 amide bonds. The molecule has 3 rings (SSSR count). The second kappa shape index (κ2) is 5.14. The Morgan fingerprint density at radius 1 is 1.14 bits per heavy atom. The van der Waals surface area contributed by atoms with Gasteiger partial charge in [0.25, 0.3) is 5.91 Å². The van der Waals surface area contributed by atoms with Gasteiger partial charge in [-0.05, 0) is 43.7 Å². The Balaban J connectivity index is 2.09. The first kappa shape index (κ1) is 14.1. The van der Waals surface area contributed by atoms with Crippen LogP contribution in [0.4, 0.5) is 9.18 Å². The Morgan fingerprint density at radius 3 is 2.50 bits per heavy atom. The van der Waals surface area contributed by atoms with Gasteiger partial charge in [-0.25, -0.2) is 9.18 Å². The van der Waals surface area contributed by atoms with E-state index in [1.165, 1.54) is 6.07 Å². The molecule has 0 atom stereocenters. The Bertz CT molecular complexity index is 821. The molecule has 0 unspecified atom stereocenters. The molecule has 1 aromatic heterocycles. The molecular formula is C16H14FN3O2. The topological polar surface area (TPSA) is 63.1 Å². The highest BCUT2D eigenvalue weighted by molar-refractivity contribution is 6.14. The summed E-state index contributed by atoms with van der Waals surface area (Å²) in [6, 6.07) is 7.79. The highest BCUT2D eigenvalue weighted by Crippen LogP contribution is 2.24. The molecule has 22 heavy (non-hydrogen) atoms. The Kier molecular flexibility index (Phi) is 3.29. The van der Waals surface area contributed by atoms with Crippen LogP contribution in [0.1, 0.15) is 17.0 Å². The number of rotatable bonds is 2. The highest BCUT2D eigenvalue weighted by Gasteiger charge is 2.23. The molecule has 2 aromatic rings. The van der Waals surface area contributed by atoms with Crippen molar-refractivity contribution in [1.82, 2.24) is 15.2 Å². The smallest absolute Gasteiger partial charge is 0.315 e. The SMILES string of the molecule is Cc1cc(/C=C2/NC(=O)NC2=O)c(C)n1-c1ccccc1F. The molecular weight excluding hydrogens is 285 g/mol. The Morgan fingerprint density at radius 2 is 1.86 bits per heavy atom. The van der Waals surface area contributed by atoms with E-state index in [4.69, 9.17) is 0 Å². The van der Waals surface area contributed by atoms with Crippen LogP contribution in [0.2, 0.25) is 0 Å². The van der Waals surface area contributed by atoms with E-state index in [0.29, 0.717) is 5.69 Å². The Hall–Kier alpha value is -2.89. The fourth-order valence-corrected chi connectivity index (χ4v) is 2.58. The summed E-state index contributed by atoms with van der Waals surface area (Å²) in [6.07, 6.45) is 1.58. The van der Waals surface area contributed by atoms with E-state index in [0.717, 1.165) is 17.0 Å². The molecule has 0 spiro atoms. The minimum absolute atomic E-state index is 0.179. The number of aryl methyl sites for hydroxylation is 1. The number of aromatic nitrogens is 1. The van der Waals surface area contributed by atoms with Crippen LogP contribution in [0.3, 0.4) is 0 Å². The molecule has 6 heteroatoms. The largest absolute Gasteiger partial charge is 0.326 e. The van der Waals surface area contributed by atoms with Crippen LogP contribution in [0.5, 0.6) is 0 Å². The number of imide groups is 1. The summed E-state index contributed by atoms with van der Waals surface area (Å²) in [7, 11) is 0. The van der Waals surface area contributed by atoms with Crippen LogP contribution >= 0.6 is 0 Å². The number of hydrogen-bond donors (Lipinski definition) is 2. The van der Waals surface area contributed by atoms with Gasteiger partial charge >= 0.3 is 6.03 Å². The molecule has 5 nitrogen and oxygen atoms in total. The van der Waals surface area contributed by atoms with Crippen molar-refractivity contribution in [2.75, 3.05) is 0 Å². The van der Waals surface area contributed by atoms with Gasteiger partial charge in [-0.1, -0.05) is 12.1 Å². The molecule has 2 heterocycles. The number of amides is 3. The number of hydrogen-bond acceptors (Lipinski definition) is 2. The van der Waals surface area contributed by atoms with E-state index in [1.54, 1.807) is 28.8 Å². The van der Waals surface area contributed by atoms with Crippen molar-refractivity contribution < 1.29 is 14.0 Å². The summed E-state index contributed by atoms with van der Waals surface area (Å²) >= 11 is 0. The predicted molar refractivity (Wildman–Crippen MR) is 79.9 cm³/mol. The second-order valence-corrected chi connectivity index (χ2v) is 5.08. The van der Waals surface area contributed by atoms with Gasteiger partial charge in [0.1, 0.15) is 11.5 Å². The fraction of sp³-hybridized carbons (Fsp3) is 0.125. The maximum absolute atomic E-state index is 14.0. The van der Waals surface area contributed by atoms with Crippen molar-refractivity contribution in [2.24, 2.45) is 0 Å². The number of urea groups is 1. The van der Waals surface area contributed by atoms with Gasteiger partial charge in [0, 0.05) is 11.4 Å². The molecule has 1 aromatic carbocycles. The lowest BCUT2D eigenvalue weighted by molar-refractivity contribution is -0.115. The molecule has 112 valence electrons. The zero-order valence-corrected chi connectivity index (χ0v) is 12.1. The number of para-hydroxylation sites is 1. The average molecular weight is 299 g/mol. The van der Waals surface area contributed by atoms with Gasteiger partial charge in [0.15, 0.2) is 0 Å². The molecule has 0 radical (unpaired) electrons. The third kappa shape index (κ3) is 2.28. The number of carbonyl (C=O) groups excluding carboxylic acids is 2. The monoisotopic (exact) mass is 299 g/mol. The number of carbonyl (C=O) groups is 2. The van der Waals surface area contributed by atoms with Gasteiger partial charge in [-0.3, -0.25) is 10.1 Å². The van der Waals surface area contributed by atoms with Crippen LogP contribution in [-0.2, 0) is 4.79 Å². The standard InChI is InChI=1S/C16H14FN3O2/c1-9-7-11(8-13-15(21)19-16(22)18-13)10(2)20(9)14-6-4-3-5-12(14)17/h3-8H,1-2H3,(H2,18,19,21,22)/b13-8+. The van der Waals surface area contributed by atoms with E-state index >= 15 is 0 Å². The molecule has 2 N–H and O–H groups in total. The first-order valence-electron chi connectivity index (χ1n) is 6.75. The summed E-state index contributed by atoms with van der Waals surface area (Å²) < 4.78 is 15.8. The van der Waals surface area contributed by atoms with Crippen LogP contribution in [-0.4, -0.2) is 16.5 Å². The highest BCUT2D eigenvalue weighted by atomic mass is 19.1. The van der Waals surface area contributed by atoms with Gasteiger partial charge < -0.3 is 9.88 Å². The zero-order valence-electron chi connectivity index (χ0n) is 12.1. The van der Waals surface area contributed by atoms with Gasteiger partial charge in [0.05, 0.1) is 5.69 Å². The lowest BCUT2D eigenvalue weighted by Crippen LogP contribution is -2.22. The second-order valence-electron chi connectivity index (χ2n) is 5.08. The summed E-state index contributed by atoms with van der Waals surface area (Å²) in [5.41, 5.74) is 2.98. The number of nitrogens with one attached hydrogen (secondary N) is 2. The third-order valence-electron chi connectivity index (χ3n) is 3.58. The molecule has 1 saturated heterocycles. The molecule has 0 bridgehead atoms. The lowest BCUT2D eigenvalue weighted by Gasteiger charge is -2.10. The first-order chi connectivity index (χ1) is 10.5. The summed E-state index contributed by atoms with van der Waals surface area (Å²) in [5.74, 6) is -0.795.